The zero-order chi connectivity index (χ0) is 10.8. The summed E-state index contributed by atoms with van der Waals surface area (Å²) in [5.41, 5.74) is 2.62. The summed E-state index contributed by atoms with van der Waals surface area (Å²) in [5, 5.41) is 0. The Labute approximate surface area is 97.0 Å². The smallest absolute Gasteiger partial charge is 0.105 e. The highest BCUT2D eigenvalue weighted by molar-refractivity contribution is 6.18. The van der Waals surface area contributed by atoms with Crippen LogP contribution in [0.3, 0.4) is 0 Å². The Bertz CT molecular complexity index is 307. The number of rotatable bonds is 2. The summed E-state index contributed by atoms with van der Waals surface area (Å²) in [6.07, 6.45) is 3.41. The lowest BCUT2D eigenvalue weighted by molar-refractivity contribution is 0.314. The first-order valence-electron chi connectivity index (χ1n) is 5.78. The van der Waals surface area contributed by atoms with Gasteiger partial charge in [0, 0.05) is 31.1 Å². The van der Waals surface area contributed by atoms with Crippen LogP contribution in [0.25, 0.3) is 0 Å². The molecule has 0 aromatic carbocycles. The maximum atomic E-state index is 5.80. The van der Waals surface area contributed by atoms with Crippen LogP contribution >= 0.6 is 11.6 Å². The van der Waals surface area contributed by atoms with Gasteiger partial charge in [0.15, 0.2) is 0 Å². The summed E-state index contributed by atoms with van der Waals surface area (Å²) < 4.78 is 0. The van der Waals surface area contributed by atoms with Crippen LogP contribution in [-0.2, 0) is 0 Å². The van der Waals surface area contributed by atoms with Crippen LogP contribution in [0.1, 0.15) is 33.1 Å². The number of halogens is 1. The van der Waals surface area contributed by atoms with Crippen LogP contribution in [0.15, 0.2) is 16.3 Å². The van der Waals surface area contributed by atoms with Crippen LogP contribution in [0.2, 0.25) is 0 Å². The Kier molecular flexibility index (Phi) is 3.35. The summed E-state index contributed by atoms with van der Waals surface area (Å²) in [5.74, 6) is 2.81. The second-order valence-corrected chi connectivity index (χ2v) is 5.06. The van der Waals surface area contributed by atoms with Gasteiger partial charge in [-0.15, -0.1) is 11.6 Å². The van der Waals surface area contributed by atoms with Gasteiger partial charge in [-0.3, -0.25) is 0 Å². The number of amidine groups is 1. The van der Waals surface area contributed by atoms with E-state index in [2.05, 4.69) is 18.7 Å². The number of hydrogen-bond acceptors (Lipinski definition) is 2. The van der Waals surface area contributed by atoms with Crippen molar-refractivity contribution in [2.45, 2.75) is 33.1 Å². The summed E-state index contributed by atoms with van der Waals surface area (Å²) in [6.45, 7) is 6.66. The van der Waals surface area contributed by atoms with Crippen molar-refractivity contribution in [2.24, 2.45) is 10.9 Å². The summed E-state index contributed by atoms with van der Waals surface area (Å²) in [6, 6.07) is 0. The molecule has 0 aromatic rings. The van der Waals surface area contributed by atoms with E-state index >= 15 is 0 Å². The molecule has 15 heavy (non-hydrogen) atoms. The van der Waals surface area contributed by atoms with Crippen LogP contribution < -0.4 is 0 Å². The predicted octanol–water partition coefficient (Wildman–Crippen LogP) is 3.03. The molecule has 0 N–H and O–H groups in total. The topological polar surface area (TPSA) is 15.6 Å². The summed E-state index contributed by atoms with van der Waals surface area (Å²) in [4.78, 5) is 7.14. The first-order chi connectivity index (χ1) is 7.20. The highest BCUT2D eigenvalue weighted by Gasteiger charge is 2.25. The maximum Gasteiger partial charge on any atom is 0.105 e. The molecule has 2 aliphatic heterocycles. The molecule has 0 bridgehead atoms. The fraction of sp³-hybridized carbons (Fsp3) is 0.750. The van der Waals surface area contributed by atoms with Crippen LogP contribution in [0, 0.1) is 5.92 Å². The third-order valence-corrected chi connectivity index (χ3v) is 3.53. The molecule has 3 heteroatoms. The van der Waals surface area contributed by atoms with Gasteiger partial charge in [0.2, 0.25) is 0 Å². The molecule has 2 nitrogen and oxygen atoms in total. The zero-order valence-electron chi connectivity index (χ0n) is 9.59. The first-order valence-corrected chi connectivity index (χ1v) is 6.31. The largest absolute Gasteiger partial charge is 0.356 e. The van der Waals surface area contributed by atoms with Gasteiger partial charge < -0.3 is 4.90 Å². The van der Waals surface area contributed by atoms with Gasteiger partial charge in [-0.2, -0.15) is 0 Å². The standard InChI is InChI=1S/C12H19ClN2/c1-9-3-4-12-14-10(2)11(5-6-13)8-15(12)7-9/h9H,3-8H2,1-2H3. The quantitative estimate of drug-likeness (QED) is 0.661. The Morgan fingerprint density at radius 3 is 3.07 bits per heavy atom. The number of hydrogen-bond donors (Lipinski definition) is 0. The number of nitrogens with zero attached hydrogens (tertiary/aromatic N) is 2. The predicted molar refractivity (Wildman–Crippen MR) is 65.4 cm³/mol. The van der Waals surface area contributed by atoms with Gasteiger partial charge in [-0.05, 0) is 31.3 Å². The molecule has 0 radical (unpaired) electrons. The van der Waals surface area contributed by atoms with Crippen molar-refractivity contribution in [2.75, 3.05) is 19.0 Å². The third-order valence-electron chi connectivity index (χ3n) is 3.34. The van der Waals surface area contributed by atoms with Crippen LogP contribution in [0.4, 0.5) is 0 Å². The molecule has 1 atom stereocenters. The van der Waals surface area contributed by atoms with E-state index in [1.54, 1.807) is 0 Å². The summed E-state index contributed by atoms with van der Waals surface area (Å²) in [7, 11) is 0. The molecular formula is C12H19ClN2. The van der Waals surface area contributed by atoms with Gasteiger partial charge in [-0.25, -0.2) is 4.99 Å². The lowest BCUT2D eigenvalue weighted by atomic mass is 9.97. The van der Waals surface area contributed by atoms with E-state index in [-0.39, 0.29) is 0 Å². The lowest BCUT2D eigenvalue weighted by Crippen LogP contribution is -2.42. The normalized spacial score (nSPS) is 26.5. The molecule has 0 aliphatic carbocycles. The molecule has 1 fully saturated rings. The highest BCUT2D eigenvalue weighted by atomic mass is 35.5. The Morgan fingerprint density at radius 2 is 2.33 bits per heavy atom. The van der Waals surface area contributed by atoms with Gasteiger partial charge in [0.05, 0.1) is 0 Å². The van der Waals surface area contributed by atoms with E-state index < -0.39 is 0 Å². The van der Waals surface area contributed by atoms with E-state index in [4.69, 9.17) is 16.6 Å². The second-order valence-electron chi connectivity index (χ2n) is 4.68. The molecular weight excluding hydrogens is 208 g/mol. The molecule has 0 aromatic heterocycles. The molecule has 2 aliphatic rings. The lowest BCUT2D eigenvalue weighted by Gasteiger charge is -2.37. The van der Waals surface area contributed by atoms with Crippen molar-refractivity contribution in [1.82, 2.24) is 4.90 Å². The monoisotopic (exact) mass is 226 g/mol. The van der Waals surface area contributed by atoms with Crippen molar-refractivity contribution in [1.29, 1.82) is 0 Å². The fourth-order valence-electron chi connectivity index (χ4n) is 2.38. The highest BCUT2D eigenvalue weighted by Crippen LogP contribution is 2.26. The number of alkyl halides is 1. The van der Waals surface area contributed by atoms with Gasteiger partial charge in [0.1, 0.15) is 5.84 Å². The molecule has 1 saturated heterocycles. The van der Waals surface area contributed by atoms with Crippen molar-refractivity contribution in [3.8, 4) is 0 Å². The Balaban J connectivity index is 2.14. The molecule has 0 amide bonds. The zero-order valence-corrected chi connectivity index (χ0v) is 10.3. The van der Waals surface area contributed by atoms with E-state index in [1.165, 1.54) is 23.5 Å². The SMILES string of the molecule is CC1=C(CCCl)CN2CC(C)CCC2=N1. The molecule has 2 rings (SSSR count). The minimum absolute atomic E-state index is 0.709. The first kappa shape index (κ1) is 11.0. The summed E-state index contributed by atoms with van der Waals surface area (Å²) >= 11 is 5.80. The van der Waals surface area contributed by atoms with Crippen LogP contribution in [0.5, 0.6) is 0 Å². The minimum Gasteiger partial charge on any atom is -0.356 e. The van der Waals surface area contributed by atoms with Crippen molar-refractivity contribution in [3.05, 3.63) is 11.3 Å². The molecule has 0 spiro atoms. The van der Waals surface area contributed by atoms with Crippen molar-refractivity contribution in [3.63, 3.8) is 0 Å². The Morgan fingerprint density at radius 1 is 1.53 bits per heavy atom. The van der Waals surface area contributed by atoms with Gasteiger partial charge in [0.25, 0.3) is 0 Å². The van der Waals surface area contributed by atoms with E-state index in [1.807, 2.05) is 0 Å². The molecule has 0 saturated carbocycles. The fourth-order valence-corrected chi connectivity index (χ4v) is 2.61. The van der Waals surface area contributed by atoms with E-state index in [0.29, 0.717) is 5.88 Å². The maximum absolute atomic E-state index is 5.80. The van der Waals surface area contributed by atoms with E-state index in [0.717, 1.165) is 31.8 Å². The van der Waals surface area contributed by atoms with Gasteiger partial charge in [-0.1, -0.05) is 6.92 Å². The Hall–Kier alpha value is -0.500. The third kappa shape index (κ3) is 2.36. The molecule has 84 valence electrons. The average molecular weight is 227 g/mol. The van der Waals surface area contributed by atoms with Crippen LogP contribution in [-0.4, -0.2) is 29.7 Å². The average Bonchev–Trinajstić information content (AvgIpc) is 2.20. The van der Waals surface area contributed by atoms with Gasteiger partial charge >= 0.3 is 0 Å². The minimum atomic E-state index is 0.709. The van der Waals surface area contributed by atoms with Crippen molar-refractivity contribution < 1.29 is 0 Å². The van der Waals surface area contributed by atoms with Crippen molar-refractivity contribution >= 4 is 17.4 Å². The number of allylic oxidation sites excluding steroid dienone is 1. The number of piperidine rings is 1. The van der Waals surface area contributed by atoms with E-state index in [9.17, 15) is 0 Å². The molecule has 2 heterocycles. The number of fused-ring (bicyclic) bond motifs is 1. The second kappa shape index (κ2) is 4.56. The molecule has 1 unspecified atom stereocenters. The number of aliphatic imine (C=N–C) groups is 1.